The summed E-state index contributed by atoms with van der Waals surface area (Å²) >= 11 is 0. The van der Waals surface area contributed by atoms with Gasteiger partial charge in [0.2, 0.25) is 0 Å². The molecule has 0 aliphatic heterocycles. The highest BCUT2D eigenvalue weighted by Crippen LogP contribution is 2.19. The van der Waals surface area contributed by atoms with Gasteiger partial charge in [-0.05, 0) is 43.2 Å². The summed E-state index contributed by atoms with van der Waals surface area (Å²) in [5.74, 6) is 3.53. The number of ether oxygens (including phenoxy) is 1. The van der Waals surface area contributed by atoms with Crippen LogP contribution in [0.5, 0.6) is 5.75 Å². The van der Waals surface area contributed by atoms with Crippen LogP contribution in [0.4, 0.5) is 4.79 Å². The number of amides is 2. The Bertz CT molecular complexity index is 700. The summed E-state index contributed by atoms with van der Waals surface area (Å²) in [4.78, 5) is 11.8. The quantitative estimate of drug-likeness (QED) is 0.641. The molecule has 132 valence electrons. The maximum atomic E-state index is 11.8. The van der Waals surface area contributed by atoms with Crippen molar-refractivity contribution < 1.29 is 19.1 Å². The molecular weight excluding hydrogens is 320 g/mol. The van der Waals surface area contributed by atoms with Gasteiger partial charge < -0.3 is 24.9 Å². The van der Waals surface area contributed by atoms with E-state index in [0.29, 0.717) is 24.5 Å². The van der Waals surface area contributed by atoms with E-state index in [9.17, 15) is 9.90 Å². The van der Waals surface area contributed by atoms with E-state index in [1.807, 2.05) is 24.3 Å². The van der Waals surface area contributed by atoms with E-state index in [4.69, 9.17) is 15.6 Å². The topological polar surface area (TPSA) is 83.7 Å². The molecule has 6 nitrogen and oxygen atoms in total. The second-order valence-electron chi connectivity index (χ2n) is 5.75. The van der Waals surface area contributed by atoms with Crippen molar-refractivity contribution in [3.63, 3.8) is 0 Å². The molecule has 25 heavy (non-hydrogen) atoms. The highest BCUT2D eigenvalue weighted by molar-refractivity contribution is 5.73. The zero-order valence-electron chi connectivity index (χ0n) is 14.1. The zero-order valence-corrected chi connectivity index (χ0v) is 14.1. The lowest BCUT2D eigenvalue weighted by Gasteiger charge is -2.21. The Labute approximate surface area is 147 Å². The molecule has 0 saturated heterocycles. The van der Waals surface area contributed by atoms with Crippen molar-refractivity contribution in [2.24, 2.45) is 0 Å². The van der Waals surface area contributed by atoms with E-state index in [1.54, 1.807) is 19.1 Å². The molecule has 3 N–H and O–H groups in total. The second-order valence-corrected chi connectivity index (χ2v) is 5.75. The highest BCUT2D eigenvalue weighted by Gasteiger charge is 2.26. The summed E-state index contributed by atoms with van der Waals surface area (Å²) in [5.41, 5.74) is -0.189. The summed E-state index contributed by atoms with van der Waals surface area (Å²) in [6.07, 6.45) is 7.29. The Morgan fingerprint density at radius 3 is 2.72 bits per heavy atom. The minimum absolute atomic E-state index is 0.0492. The van der Waals surface area contributed by atoms with E-state index in [1.165, 1.54) is 6.26 Å². The summed E-state index contributed by atoms with van der Waals surface area (Å²) in [6, 6.07) is 10.5. The average molecular weight is 342 g/mol. The van der Waals surface area contributed by atoms with Crippen molar-refractivity contribution >= 4 is 6.03 Å². The Hall–Kier alpha value is -2.91. The molecule has 1 atom stereocenters. The number of carbonyl (C=O) groups excluding carboxylic acids is 1. The third-order valence-electron chi connectivity index (χ3n) is 3.59. The Balaban J connectivity index is 1.69. The van der Waals surface area contributed by atoms with Crippen molar-refractivity contribution in [2.75, 3.05) is 19.7 Å². The molecule has 0 saturated carbocycles. The van der Waals surface area contributed by atoms with Crippen molar-refractivity contribution in [3.05, 3.63) is 54.0 Å². The van der Waals surface area contributed by atoms with Gasteiger partial charge >= 0.3 is 6.03 Å². The zero-order chi connectivity index (χ0) is 18.1. The first-order valence-electron chi connectivity index (χ1n) is 7.94. The van der Waals surface area contributed by atoms with Gasteiger partial charge in [0.25, 0.3) is 0 Å². The first-order valence-corrected chi connectivity index (χ1v) is 7.94. The van der Waals surface area contributed by atoms with Gasteiger partial charge in [0, 0.05) is 6.54 Å². The van der Waals surface area contributed by atoms with E-state index in [2.05, 4.69) is 16.6 Å². The van der Waals surface area contributed by atoms with Crippen LogP contribution in [0.25, 0.3) is 0 Å². The second kappa shape index (κ2) is 8.81. The largest absolute Gasteiger partial charge is 0.481 e. The van der Waals surface area contributed by atoms with E-state index < -0.39 is 5.60 Å². The fourth-order valence-corrected chi connectivity index (χ4v) is 2.18. The van der Waals surface area contributed by atoms with Gasteiger partial charge in [-0.25, -0.2) is 4.79 Å². The molecule has 2 amide bonds. The predicted molar refractivity (Wildman–Crippen MR) is 94.2 cm³/mol. The lowest BCUT2D eigenvalue weighted by Crippen LogP contribution is -2.43. The van der Waals surface area contributed by atoms with Crippen LogP contribution in [-0.4, -0.2) is 30.8 Å². The third kappa shape index (κ3) is 5.90. The van der Waals surface area contributed by atoms with Gasteiger partial charge in [0.05, 0.1) is 12.8 Å². The van der Waals surface area contributed by atoms with Gasteiger partial charge in [-0.15, -0.1) is 6.42 Å². The van der Waals surface area contributed by atoms with Gasteiger partial charge in [-0.3, -0.25) is 0 Å². The highest BCUT2D eigenvalue weighted by atomic mass is 16.5. The first-order chi connectivity index (χ1) is 12.0. The number of aliphatic hydroxyl groups is 1. The molecule has 1 aromatic heterocycles. The summed E-state index contributed by atoms with van der Waals surface area (Å²) in [7, 11) is 0. The van der Waals surface area contributed by atoms with Crippen LogP contribution >= 0.6 is 0 Å². The van der Waals surface area contributed by atoms with Crippen LogP contribution in [0.1, 0.15) is 18.2 Å². The van der Waals surface area contributed by atoms with E-state index >= 15 is 0 Å². The Morgan fingerprint density at radius 1 is 1.32 bits per heavy atom. The van der Waals surface area contributed by atoms with E-state index in [-0.39, 0.29) is 19.2 Å². The fraction of sp³-hybridized carbons (Fsp3) is 0.316. The van der Waals surface area contributed by atoms with E-state index in [0.717, 1.165) is 5.56 Å². The smallest absolute Gasteiger partial charge is 0.314 e. The summed E-state index contributed by atoms with van der Waals surface area (Å²) in [6.45, 7) is 2.34. The van der Waals surface area contributed by atoms with Gasteiger partial charge in [-0.2, -0.15) is 0 Å². The SMILES string of the molecule is C#CCOc1ccc(CCNC(=O)NCC(C)(O)c2ccco2)cc1. The van der Waals surface area contributed by atoms with Crippen LogP contribution < -0.4 is 15.4 Å². The third-order valence-corrected chi connectivity index (χ3v) is 3.59. The number of rotatable bonds is 8. The molecule has 2 rings (SSSR count). The minimum Gasteiger partial charge on any atom is -0.481 e. The Morgan fingerprint density at radius 2 is 2.08 bits per heavy atom. The molecule has 1 aromatic carbocycles. The minimum atomic E-state index is -1.25. The van der Waals surface area contributed by atoms with Gasteiger partial charge in [0.15, 0.2) is 0 Å². The van der Waals surface area contributed by atoms with Crippen LogP contribution in [0.15, 0.2) is 47.1 Å². The normalized spacial score (nSPS) is 12.7. The molecule has 0 radical (unpaired) electrons. The van der Waals surface area contributed by atoms with Crippen molar-refractivity contribution in [1.82, 2.24) is 10.6 Å². The van der Waals surface area contributed by atoms with Crippen molar-refractivity contribution in [1.29, 1.82) is 0 Å². The maximum Gasteiger partial charge on any atom is 0.314 e. The number of urea groups is 1. The predicted octanol–water partition coefficient (Wildman–Crippen LogP) is 2.04. The fourth-order valence-electron chi connectivity index (χ4n) is 2.18. The monoisotopic (exact) mass is 342 g/mol. The standard InChI is InChI=1S/C19H22N2O4/c1-3-12-24-16-8-6-15(7-9-16)10-11-20-18(22)21-14-19(2,23)17-5-4-13-25-17/h1,4-9,13,23H,10-12,14H2,2H3,(H2,20,21,22). The molecule has 1 heterocycles. The summed E-state index contributed by atoms with van der Waals surface area (Å²) in [5, 5.41) is 15.6. The van der Waals surface area contributed by atoms with Gasteiger partial charge in [-0.1, -0.05) is 18.1 Å². The molecule has 0 aliphatic carbocycles. The number of carbonyl (C=O) groups is 1. The lowest BCUT2D eigenvalue weighted by atomic mass is 10.0. The molecule has 0 bridgehead atoms. The van der Waals surface area contributed by atoms with Crippen LogP contribution in [0.3, 0.4) is 0 Å². The molecule has 1 unspecified atom stereocenters. The molecule has 0 spiro atoms. The lowest BCUT2D eigenvalue weighted by molar-refractivity contribution is 0.0367. The molecular formula is C19H22N2O4. The van der Waals surface area contributed by atoms with Crippen LogP contribution in [0.2, 0.25) is 0 Å². The molecule has 6 heteroatoms. The molecule has 2 aromatic rings. The number of terminal acetylenes is 1. The average Bonchev–Trinajstić information content (AvgIpc) is 3.15. The van der Waals surface area contributed by atoms with Crippen LogP contribution in [-0.2, 0) is 12.0 Å². The maximum absolute atomic E-state index is 11.8. The van der Waals surface area contributed by atoms with Crippen LogP contribution in [0, 0.1) is 12.3 Å². The number of hydrogen-bond donors (Lipinski definition) is 3. The number of hydrogen-bond acceptors (Lipinski definition) is 4. The van der Waals surface area contributed by atoms with Gasteiger partial charge in [0.1, 0.15) is 23.7 Å². The van der Waals surface area contributed by atoms with Crippen molar-refractivity contribution in [3.8, 4) is 18.1 Å². The number of nitrogens with one attached hydrogen (secondary N) is 2. The Kier molecular flexibility index (Phi) is 6.49. The number of benzene rings is 1. The number of furan rings is 1. The molecule has 0 fully saturated rings. The van der Waals surface area contributed by atoms with Crippen molar-refractivity contribution in [2.45, 2.75) is 18.9 Å². The summed E-state index contributed by atoms with van der Waals surface area (Å²) < 4.78 is 10.5. The first kappa shape index (κ1) is 18.4. The molecule has 0 aliphatic rings.